The Hall–Kier alpha value is -1.89. The lowest BCUT2D eigenvalue weighted by molar-refractivity contribution is -0.973. The van der Waals surface area contributed by atoms with Crippen LogP contribution in [0.2, 0.25) is 0 Å². The number of unbranched alkanes of at least 4 members (excludes halogenated alkanes) is 10. The molecule has 0 radical (unpaired) electrons. The zero-order valence-corrected chi connectivity index (χ0v) is 22.7. The molecule has 0 aliphatic carbocycles. The first-order chi connectivity index (χ1) is 16.7. The number of hydrogen-bond acceptors (Lipinski definition) is 3. The minimum atomic E-state index is -1.12. The van der Waals surface area contributed by atoms with Gasteiger partial charge in [-0.05, 0) is 32.1 Å². The number of carboxylic acids is 3. The summed E-state index contributed by atoms with van der Waals surface area (Å²) in [6.07, 6.45) is 18.4. The number of hydrogen-bond donors (Lipinski definition) is 3. The van der Waals surface area contributed by atoms with Crippen molar-refractivity contribution in [2.75, 3.05) is 6.54 Å². The van der Waals surface area contributed by atoms with Crippen LogP contribution in [0.25, 0.3) is 0 Å². The minimum Gasteiger partial charge on any atom is -0.477 e. The van der Waals surface area contributed by atoms with Crippen LogP contribution < -0.4 is 0 Å². The highest BCUT2D eigenvalue weighted by molar-refractivity contribution is 5.78. The van der Waals surface area contributed by atoms with Crippen molar-refractivity contribution < 1.29 is 34.2 Å². The molecule has 3 unspecified atom stereocenters. The summed E-state index contributed by atoms with van der Waals surface area (Å²) in [6.45, 7) is 7.56. The number of allylic oxidation sites excluding steroid dienone is 2. The average molecular weight is 499 g/mol. The Morgan fingerprint density at radius 3 is 1.26 bits per heavy atom. The number of nitrogens with zero attached hydrogens (tertiary/aromatic N) is 1. The maximum absolute atomic E-state index is 12.2. The molecule has 7 heteroatoms. The molecule has 0 saturated carbocycles. The predicted octanol–water partition coefficient (Wildman–Crippen LogP) is 6.65. The number of carboxylic acid groups (broad SMARTS) is 3. The van der Waals surface area contributed by atoms with Gasteiger partial charge >= 0.3 is 17.9 Å². The summed E-state index contributed by atoms with van der Waals surface area (Å²) in [4.78, 5) is 36.6. The van der Waals surface area contributed by atoms with Crippen molar-refractivity contribution in [2.24, 2.45) is 0 Å². The average Bonchev–Trinajstić information content (AvgIpc) is 2.79. The van der Waals surface area contributed by atoms with Crippen molar-refractivity contribution in [3.63, 3.8) is 0 Å². The first kappa shape index (κ1) is 33.1. The SMILES string of the molecule is CCC/C=C/CCCCCCCCCCC[N+](C(CC)C(=O)O)(C(CC)C(=O)O)C(CC)C(=O)O. The van der Waals surface area contributed by atoms with E-state index in [1.54, 1.807) is 20.8 Å². The summed E-state index contributed by atoms with van der Waals surface area (Å²) in [6, 6.07) is -3.18. The van der Waals surface area contributed by atoms with E-state index in [0.29, 0.717) is 6.42 Å². The molecule has 0 aromatic carbocycles. The van der Waals surface area contributed by atoms with E-state index in [-0.39, 0.29) is 25.8 Å². The fourth-order valence-corrected chi connectivity index (χ4v) is 5.57. The van der Waals surface area contributed by atoms with E-state index in [1.165, 1.54) is 44.9 Å². The van der Waals surface area contributed by atoms with Crippen LogP contribution in [-0.4, -0.2) is 62.4 Å². The monoisotopic (exact) mass is 498 g/mol. The molecule has 3 atom stereocenters. The third kappa shape index (κ3) is 11.1. The summed E-state index contributed by atoms with van der Waals surface area (Å²) in [7, 11) is 0. The van der Waals surface area contributed by atoms with Gasteiger partial charge < -0.3 is 15.3 Å². The molecule has 0 heterocycles. The van der Waals surface area contributed by atoms with Gasteiger partial charge in [-0.1, -0.05) is 84.8 Å². The Balaban J connectivity index is 4.95. The molecule has 0 fully saturated rings. The molecule has 7 nitrogen and oxygen atoms in total. The Morgan fingerprint density at radius 1 is 0.571 bits per heavy atom. The molecule has 0 spiro atoms. The number of aliphatic carboxylic acids is 3. The normalized spacial score (nSPS) is 16.0. The van der Waals surface area contributed by atoms with E-state index < -0.39 is 40.5 Å². The molecule has 35 heavy (non-hydrogen) atoms. The second-order valence-corrected chi connectivity index (χ2v) is 9.74. The van der Waals surface area contributed by atoms with Crippen molar-refractivity contribution in [1.82, 2.24) is 0 Å². The molecule has 0 saturated heterocycles. The summed E-state index contributed by atoms with van der Waals surface area (Å²) in [5, 5.41) is 29.9. The van der Waals surface area contributed by atoms with Crippen LogP contribution in [0, 0.1) is 0 Å². The second kappa shape index (κ2) is 19.3. The fourth-order valence-electron chi connectivity index (χ4n) is 5.57. The lowest BCUT2D eigenvalue weighted by atomic mass is 9.93. The molecule has 0 aliphatic rings. The smallest absolute Gasteiger partial charge is 0.362 e. The fraction of sp³-hybridized carbons (Fsp3) is 0.821. The van der Waals surface area contributed by atoms with Crippen LogP contribution in [0.1, 0.15) is 124 Å². The van der Waals surface area contributed by atoms with Gasteiger partial charge in [-0.25, -0.2) is 14.4 Å². The first-order valence-corrected chi connectivity index (χ1v) is 13.9. The summed E-state index contributed by atoms with van der Waals surface area (Å²) in [5.41, 5.74) is 0. The van der Waals surface area contributed by atoms with E-state index >= 15 is 0 Å². The maximum atomic E-state index is 12.2. The van der Waals surface area contributed by atoms with Gasteiger partial charge in [-0.15, -0.1) is 0 Å². The van der Waals surface area contributed by atoms with E-state index in [4.69, 9.17) is 0 Å². The molecule has 0 bridgehead atoms. The van der Waals surface area contributed by atoms with Gasteiger partial charge in [0.25, 0.3) is 0 Å². The van der Waals surface area contributed by atoms with E-state index in [0.717, 1.165) is 25.7 Å². The third-order valence-corrected chi connectivity index (χ3v) is 7.29. The van der Waals surface area contributed by atoms with Gasteiger partial charge in [0, 0.05) is 19.3 Å². The largest absolute Gasteiger partial charge is 0.477 e. The minimum absolute atomic E-state index is 0.192. The van der Waals surface area contributed by atoms with Gasteiger partial charge in [0.2, 0.25) is 0 Å². The lowest BCUT2D eigenvalue weighted by Crippen LogP contribution is -2.72. The Kier molecular flexibility index (Phi) is 18.3. The van der Waals surface area contributed by atoms with Crippen LogP contribution in [0.4, 0.5) is 0 Å². The van der Waals surface area contributed by atoms with Crippen LogP contribution in [-0.2, 0) is 14.4 Å². The molecule has 0 aromatic heterocycles. The molecule has 0 rings (SSSR count). The van der Waals surface area contributed by atoms with Crippen molar-refractivity contribution in [1.29, 1.82) is 0 Å². The predicted molar refractivity (Wildman–Crippen MR) is 140 cm³/mol. The van der Waals surface area contributed by atoms with E-state index in [9.17, 15) is 29.7 Å². The molecule has 0 aliphatic heterocycles. The van der Waals surface area contributed by atoms with E-state index in [1.807, 2.05) is 0 Å². The van der Waals surface area contributed by atoms with E-state index in [2.05, 4.69) is 19.1 Å². The van der Waals surface area contributed by atoms with Crippen molar-refractivity contribution >= 4 is 17.9 Å². The van der Waals surface area contributed by atoms with Gasteiger partial charge in [0.1, 0.15) is 0 Å². The maximum Gasteiger partial charge on any atom is 0.362 e. The van der Waals surface area contributed by atoms with Gasteiger partial charge in [0.05, 0.1) is 6.54 Å². The van der Waals surface area contributed by atoms with Crippen LogP contribution >= 0.6 is 0 Å². The highest BCUT2D eigenvalue weighted by atomic mass is 16.4. The van der Waals surface area contributed by atoms with Crippen molar-refractivity contribution in [3.05, 3.63) is 12.2 Å². The van der Waals surface area contributed by atoms with Crippen molar-refractivity contribution in [2.45, 2.75) is 142 Å². The summed E-state index contributed by atoms with van der Waals surface area (Å²) >= 11 is 0. The second-order valence-electron chi connectivity index (χ2n) is 9.74. The quantitative estimate of drug-likeness (QED) is 0.0826. The third-order valence-electron chi connectivity index (χ3n) is 7.29. The van der Waals surface area contributed by atoms with Crippen LogP contribution in [0.3, 0.4) is 0 Å². The molecule has 204 valence electrons. The molecule has 0 aromatic rings. The molecular formula is C28H52NO6+. The zero-order valence-electron chi connectivity index (χ0n) is 22.7. The topological polar surface area (TPSA) is 112 Å². The molecule has 0 amide bonds. The first-order valence-electron chi connectivity index (χ1n) is 13.9. The highest BCUT2D eigenvalue weighted by Gasteiger charge is 2.55. The number of quaternary nitrogens is 1. The Labute approximate surface area is 213 Å². The standard InChI is InChI=1S/C28H51NO6/c1-5-9-10-11-12-13-14-15-16-17-18-19-20-21-22-29(23(6-2)26(30)31,24(7-3)27(32)33)25(8-4)28(34)35/h10-11,23-25H,5-9,12-22H2,1-4H3,(H2-,30,31,32,33,34,35)/p+1/b11-10+. The van der Waals surface area contributed by atoms with Gasteiger partial charge in [0.15, 0.2) is 18.1 Å². The zero-order chi connectivity index (χ0) is 26.7. The highest BCUT2D eigenvalue weighted by Crippen LogP contribution is 2.32. The van der Waals surface area contributed by atoms with Gasteiger partial charge in [-0.3, -0.25) is 4.48 Å². The van der Waals surface area contributed by atoms with Crippen LogP contribution in [0.15, 0.2) is 12.2 Å². The van der Waals surface area contributed by atoms with Gasteiger partial charge in [-0.2, -0.15) is 0 Å². The number of carbonyl (C=O) groups is 3. The molecular weight excluding hydrogens is 446 g/mol. The van der Waals surface area contributed by atoms with Crippen LogP contribution in [0.5, 0.6) is 0 Å². The summed E-state index contributed by atoms with van der Waals surface area (Å²) in [5.74, 6) is -3.35. The van der Waals surface area contributed by atoms with Crippen molar-refractivity contribution in [3.8, 4) is 0 Å². The molecule has 3 N–H and O–H groups in total. The Bertz CT molecular complexity index is 578. The Morgan fingerprint density at radius 2 is 0.914 bits per heavy atom. The number of rotatable bonds is 23. The summed E-state index contributed by atoms with van der Waals surface area (Å²) < 4.78 is -0.407. The lowest BCUT2D eigenvalue weighted by Gasteiger charge is -2.49.